The number of anilines is 1. The van der Waals surface area contributed by atoms with Gasteiger partial charge in [-0.25, -0.2) is 0 Å². The maximum absolute atomic E-state index is 12.9. The number of hydrogen-bond donors (Lipinski definition) is 2. The molecule has 0 saturated heterocycles. The van der Waals surface area contributed by atoms with Gasteiger partial charge in [0.2, 0.25) is 0 Å². The van der Waals surface area contributed by atoms with E-state index in [1.165, 1.54) is 35.9 Å². The smallest absolute Gasteiger partial charge is 0.326 e. The Hall–Kier alpha value is -5.05. The van der Waals surface area contributed by atoms with Crippen LogP contribution in [0.3, 0.4) is 0 Å². The highest BCUT2D eigenvalue weighted by atomic mass is 16.5. The van der Waals surface area contributed by atoms with Gasteiger partial charge in [0.1, 0.15) is 6.54 Å². The molecule has 0 radical (unpaired) electrons. The van der Waals surface area contributed by atoms with E-state index in [1.807, 2.05) is 0 Å². The van der Waals surface area contributed by atoms with E-state index in [-0.39, 0.29) is 40.5 Å². The summed E-state index contributed by atoms with van der Waals surface area (Å²) in [4.78, 5) is 62.7. The van der Waals surface area contributed by atoms with E-state index in [4.69, 9.17) is 10.5 Å². The van der Waals surface area contributed by atoms with Crippen molar-refractivity contribution in [1.29, 1.82) is 0 Å². The Labute approximate surface area is 210 Å². The molecule has 2 amide bonds. The molecule has 1 aliphatic rings. The minimum Gasteiger partial charge on any atom is -0.451 e. The fourth-order valence-corrected chi connectivity index (χ4v) is 4.42. The lowest BCUT2D eigenvalue weighted by Crippen LogP contribution is -2.31. The van der Waals surface area contributed by atoms with E-state index < -0.39 is 23.9 Å². The Kier molecular flexibility index (Phi) is 5.88. The number of nitrogens with zero attached hydrogens (tertiary/aromatic N) is 1. The largest absolute Gasteiger partial charge is 0.451 e. The number of para-hydroxylation sites is 1. The lowest BCUT2D eigenvalue weighted by atomic mass is 9.84. The molecule has 0 bridgehead atoms. The first-order valence-corrected chi connectivity index (χ1v) is 11.4. The SMILES string of the molecule is CC(OC(=O)Cn1cc(C(N)=O)c2ccccc21)C(=O)Nc1ccc2c(c1)C(=O)c1ccccc1C2=O. The van der Waals surface area contributed by atoms with Crippen LogP contribution in [0.4, 0.5) is 5.69 Å². The number of rotatable bonds is 6. The van der Waals surface area contributed by atoms with Gasteiger partial charge in [-0.1, -0.05) is 42.5 Å². The van der Waals surface area contributed by atoms with Gasteiger partial charge in [-0.15, -0.1) is 0 Å². The lowest BCUT2D eigenvalue weighted by Gasteiger charge is -2.19. The number of benzene rings is 3. The number of esters is 1. The summed E-state index contributed by atoms with van der Waals surface area (Å²) < 4.78 is 6.83. The van der Waals surface area contributed by atoms with Gasteiger partial charge in [0, 0.05) is 45.0 Å². The van der Waals surface area contributed by atoms with Gasteiger partial charge >= 0.3 is 5.97 Å². The first-order chi connectivity index (χ1) is 17.7. The molecule has 0 saturated carbocycles. The highest BCUT2D eigenvalue weighted by Crippen LogP contribution is 2.29. The number of carbonyl (C=O) groups is 5. The normalized spacial score (nSPS) is 13.0. The Morgan fingerprint density at radius 3 is 2.22 bits per heavy atom. The van der Waals surface area contributed by atoms with Crippen LogP contribution in [0.25, 0.3) is 10.9 Å². The van der Waals surface area contributed by atoms with Crippen molar-refractivity contribution in [1.82, 2.24) is 4.57 Å². The molecule has 3 N–H and O–H groups in total. The average molecular weight is 495 g/mol. The number of primary amides is 1. The van der Waals surface area contributed by atoms with Crippen molar-refractivity contribution < 1.29 is 28.7 Å². The second-order valence-electron chi connectivity index (χ2n) is 8.64. The number of nitrogens with one attached hydrogen (secondary N) is 1. The molecule has 184 valence electrons. The summed E-state index contributed by atoms with van der Waals surface area (Å²) in [7, 11) is 0. The standard InChI is InChI=1S/C28H21N3O6/c1-15(37-24(32)14-31-13-22(27(29)35)17-6-4-5-9-23(17)31)28(36)30-16-10-11-20-21(12-16)26(34)19-8-3-2-7-18(19)25(20)33/h2-13,15H,14H2,1H3,(H2,29,35)(H,30,36). The van der Waals surface area contributed by atoms with Crippen LogP contribution in [0.15, 0.2) is 72.9 Å². The molecule has 37 heavy (non-hydrogen) atoms. The average Bonchev–Trinajstić information content (AvgIpc) is 3.25. The fraction of sp³-hybridized carbons (Fsp3) is 0.107. The Morgan fingerprint density at radius 1 is 0.892 bits per heavy atom. The van der Waals surface area contributed by atoms with Crippen LogP contribution in [-0.4, -0.2) is 40.0 Å². The molecule has 1 aromatic heterocycles. The van der Waals surface area contributed by atoms with Crippen molar-refractivity contribution in [2.24, 2.45) is 5.73 Å². The summed E-state index contributed by atoms with van der Waals surface area (Å²) in [5, 5.41) is 3.23. The fourth-order valence-electron chi connectivity index (χ4n) is 4.42. The number of hydrogen-bond acceptors (Lipinski definition) is 6. The summed E-state index contributed by atoms with van der Waals surface area (Å²) in [6.45, 7) is 1.18. The van der Waals surface area contributed by atoms with Crippen molar-refractivity contribution in [2.45, 2.75) is 19.6 Å². The Balaban J connectivity index is 1.28. The maximum Gasteiger partial charge on any atom is 0.326 e. The van der Waals surface area contributed by atoms with Crippen molar-refractivity contribution in [3.8, 4) is 0 Å². The summed E-state index contributed by atoms with van der Waals surface area (Å²) in [6, 6.07) is 18.0. The zero-order chi connectivity index (χ0) is 26.3. The van der Waals surface area contributed by atoms with E-state index in [9.17, 15) is 24.0 Å². The summed E-state index contributed by atoms with van der Waals surface area (Å²) in [6.07, 6.45) is 0.321. The quantitative estimate of drug-likeness (QED) is 0.347. The molecule has 9 nitrogen and oxygen atoms in total. The first-order valence-electron chi connectivity index (χ1n) is 11.4. The van der Waals surface area contributed by atoms with Crippen LogP contribution in [0, 0.1) is 0 Å². The summed E-state index contributed by atoms with van der Waals surface area (Å²) in [5.41, 5.74) is 7.73. The summed E-state index contributed by atoms with van der Waals surface area (Å²) in [5.74, 6) is -2.50. The first kappa shape index (κ1) is 23.7. The molecule has 1 unspecified atom stereocenters. The van der Waals surface area contributed by atoms with E-state index in [2.05, 4.69) is 5.32 Å². The van der Waals surface area contributed by atoms with Crippen LogP contribution in [0.2, 0.25) is 0 Å². The number of aromatic nitrogens is 1. The van der Waals surface area contributed by atoms with Crippen molar-refractivity contribution in [3.05, 3.63) is 101 Å². The predicted octanol–water partition coefficient (Wildman–Crippen LogP) is 3.09. The van der Waals surface area contributed by atoms with Crippen LogP contribution < -0.4 is 11.1 Å². The van der Waals surface area contributed by atoms with E-state index >= 15 is 0 Å². The lowest BCUT2D eigenvalue weighted by molar-refractivity contribution is -0.153. The zero-order valence-electron chi connectivity index (χ0n) is 19.7. The molecule has 9 heteroatoms. The number of fused-ring (bicyclic) bond motifs is 3. The second kappa shape index (κ2) is 9.19. The number of amides is 2. The Bertz CT molecular complexity index is 1630. The molecule has 0 fully saturated rings. The van der Waals surface area contributed by atoms with E-state index in [0.717, 1.165) is 0 Å². The number of carbonyl (C=O) groups excluding carboxylic acids is 5. The Morgan fingerprint density at radius 2 is 1.51 bits per heavy atom. The van der Waals surface area contributed by atoms with E-state index in [0.29, 0.717) is 22.0 Å². The second-order valence-corrected chi connectivity index (χ2v) is 8.64. The minimum atomic E-state index is -1.15. The third-order valence-electron chi connectivity index (χ3n) is 6.22. The van der Waals surface area contributed by atoms with Gasteiger partial charge in [0.05, 0.1) is 5.56 Å². The van der Waals surface area contributed by atoms with Crippen LogP contribution in [-0.2, 0) is 20.9 Å². The molecular formula is C28H21N3O6. The molecular weight excluding hydrogens is 474 g/mol. The molecule has 1 heterocycles. The molecule has 0 spiro atoms. The highest BCUT2D eigenvalue weighted by molar-refractivity contribution is 6.28. The van der Waals surface area contributed by atoms with Gasteiger partial charge in [-0.05, 0) is 31.2 Å². The monoisotopic (exact) mass is 495 g/mol. The van der Waals surface area contributed by atoms with Gasteiger partial charge in [-0.2, -0.15) is 0 Å². The number of nitrogens with two attached hydrogens (primary N) is 1. The topological polar surface area (TPSA) is 138 Å². The van der Waals surface area contributed by atoms with Crippen molar-refractivity contribution >= 4 is 45.9 Å². The zero-order valence-corrected chi connectivity index (χ0v) is 19.7. The third kappa shape index (κ3) is 4.27. The highest BCUT2D eigenvalue weighted by Gasteiger charge is 2.30. The number of ether oxygens (including phenoxy) is 1. The van der Waals surface area contributed by atoms with Crippen molar-refractivity contribution in [2.75, 3.05) is 5.32 Å². The van der Waals surface area contributed by atoms with Crippen LogP contribution in [0.1, 0.15) is 49.1 Å². The van der Waals surface area contributed by atoms with Crippen LogP contribution in [0.5, 0.6) is 0 Å². The van der Waals surface area contributed by atoms with Crippen LogP contribution >= 0.6 is 0 Å². The third-order valence-corrected chi connectivity index (χ3v) is 6.22. The molecule has 0 aliphatic heterocycles. The molecule has 4 aromatic rings. The van der Waals surface area contributed by atoms with Gasteiger partial charge < -0.3 is 20.4 Å². The maximum atomic E-state index is 12.9. The molecule has 1 aliphatic carbocycles. The van der Waals surface area contributed by atoms with E-state index in [1.54, 1.807) is 48.5 Å². The number of ketones is 2. The van der Waals surface area contributed by atoms with Gasteiger partial charge in [-0.3, -0.25) is 24.0 Å². The van der Waals surface area contributed by atoms with Gasteiger partial charge in [0.25, 0.3) is 11.8 Å². The molecule has 5 rings (SSSR count). The minimum absolute atomic E-state index is 0.191. The van der Waals surface area contributed by atoms with Gasteiger partial charge in [0.15, 0.2) is 17.7 Å². The predicted molar refractivity (Wildman–Crippen MR) is 134 cm³/mol. The molecule has 1 atom stereocenters. The molecule has 3 aromatic carbocycles. The van der Waals surface area contributed by atoms with Crippen molar-refractivity contribution in [3.63, 3.8) is 0 Å². The summed E-state index contributed by atoms with van der Waals surface area (Å²) >= 11 is 0.